The van der Waals surface area contributed by atoms with Crippen LogP contribution in [0.2, 0.25) is 0 Å². The van der Waals surface area contributed by atoms with E-state index in [1.54, 1.807) is 18.2 Å². The molecule has 0 aliphatic carbocycles. The smallest absolute Gasteiger partial charge is 0.302 e. The third kappa shape index (κ3) is 4.33. The van der Waals surface area contributed by atoms with Crippen molar-refractivity contribution in [2.24, 2.45) is 11.8 Å². The lowest BCUT2D eigenvalue weighted by atomic mass is 9.97. The third-order valence-electron chi connectivity index (χ3n) is 3.24. The van der Waals surface area contributed by atoms with Gasteiger partial charge in [0.15, 0.2) is 0 Å². The minimum absolute atomic E-state index is 0.207. The monoisotopic (exact) mass is 259 g/mol. The van der Waals surface area contributed by atoms with Crippen LogP contribution in [0.15, 0.2) is 30.3 Å². The zero-order valence-electron chi connectivity index (χ0n) is 11.0. The topological polar surface area (TPSA) is 12.0 Å². The molecule has 18 heavy (non-hydrogen) atoms. The molecule has 1 N–H and O–H groups in total. The summed E-state index contributed by atoms with van der Waals surface area (Å²) in [6.45, 7) is 6.34. The summed E-state index contributed by atoms with van der Waals surface area (Å²) in [6, 6.07) is 6.40. The molecule has 0 fully saturated rings. The number of rotatable bonds is 5. The first-order valence-corrected chi connectivity index (χ1v) is 6.17. The first-order chi connectivity index (χ1) is 8.32. The van der Waals surface area contributed by atoms with Crippen LogP contribution in [0.3, 0.4) is 0 Å². The van der Waals surface area contributed by atoms with E-state index in [0.717, 1.165) is 0 Å². The van der Waals surface area contributed by atoms with Gasteiger partial charge in [0.2, 0.25) is 0 Å². The molecule has 0 aliphatic rings. The molecule has 4 heteroatoms. The predicted octanol–water partition coefficient (Wildman–Crippen LogP) is 4.17. The summed E-state index contributed by atoms with van der Waals surface area (Å²) in [5, 5.41) is 2.63. The summed E-state index contributed by atoms with van der Waals surface area (Å²) in [7, 11) is 0. The summed E-state index contributed by atoms with van der Waals surface area (Å²) in [5.74, 6) is 0.570. The lowest BCUT2D eigenvalue weighted by molar-refractivity contribution is -0.158. The molecule has 1 nitrogen and oxygen atoms in total. The second-order valence-electron chi connectivity index (χ2n) is 5.01. The summed E-state index contributed by atoms with van der Waals surface area (Å²) >= 11 is 0. The van der Waals surface area contributed by atoms with Gasteiger partial charge in [-0.15, -0.1) is 0 Å². The van der Waals surface area contributed by atoms with Crippen LogP contribution in [0.4, 0.5) is 13.2 Å². The van der Waals surface area contributed by atoms with E-state index in [9.17, 15) is 13.2 Å². The molecular formula is C14H20F3N. The Hall–Kier alpha value is -1.03. The van der Waals surface area contributed by atoms with Gasteiger partial charge in [-0.1, -0.05) is 51.1 Å². The zero-order chi connectivity index (χ0) is 13.8. The van der Waals surface area contributed by atoms with Crippen molar-refractivity contribution in [2.75, 3.05) is 6.54 Å². The maximum Gasteiger partial charge on any atom is 0.407 e. The van der Waals surface area contributed by atoms with Crippen molar-refractivity contribution in [3.05, 3.63) is 35.9 Å². The third-order valence-corrected chi connectivity index (χ3v) is 3.24. The van der Waals surface area contributed by atoms with E-state index in [1.165, 1.54) is 12.1 Å². The van der Waals surface area contributed by atoms with Crippen LogP contribution in [-0.4, -0.2) is 12.7 Å². The van der Waals surface area contributed by atoms with Crippen LogP contribution in [0.1, 0.15) is 32.4 Å². The molecule has 2 atom stereocenters. The first kappa shape index (κ1) is 15.0. The molecule has 0 saturated heterocycles. The van der Waals surface area contributed by atoms with Crippen molar-refractivity contribution in [2.45, 2.75) is 33.0 Å². The van der Waals surface area contributed by atoms with Gasteiger partial charge in [0.1, 0.15) is 6.04 Å². The summed E-state index contributed by atoms with van der Waals surface area (Å²) < 4.78 is 39.0. The number of halogens is 3. The molecule has 102 valence electrons. The van der Waals surface area contributed by atoms with Crippen LogP contribution in [0.5, 0.6) is 0 Å². The highest BCUT2D eigenvalue weighted by molar-refractivity contribution is 5.20. The molecule has 0 aliphatic heterocycles. The lowest BCUT2D eigenvalue weighted by Gasteiger charge is -2.25. The summed E-state index contributed by atoms with van der Waals surface area (Å²) in [5.41, 5.74) is 0.265. The Bertz CT molecular complexity index is 346. The van der Waals surface area contributed by atoms with Gasteiger partial charge in [-0.2, -0.15) is 13.2 Å². The number of hydrogen-bond donors (Lipinski definition) is 1. The molecule has 0 aromatic heterocycles. The van der Waals surface area contributed by atoms with Gasteiger partial charge in [-0.25, -0.2) is 0 Å². The number of nitrogens with one attached hydrogen (secondary N) is 1. The van der Waals surface area contributed by atoms with Crippen LogP contribution in [-0.2, 0) is 0 Å². The van der Waals surface area contributed by atoms with E-state index >= 15 is 0 Å². The van der Waals surface area contributed by atoms with Crippen molar-refractivity contribution >= 4 is 0 Å². The van der Waals surface area contributed by atoms with Crippen LogP contribution < -0.4 is 5.32 Å². The van der Waals surface area contributed by atoms with Gasteiger partial charge in [-0.05, 0) is 23.9 Å². The quantitative estimate of drug-likeness (QED) is 0.836. The van der Waals surface area contributed by atoms with Crippen LogP contribution >= 0.6 is 0 Å². The average Bonchev–Trinajstić information content (AvgIpc) is 2.28. The van der Waals surface area contributed by atoms with Crippen LogP contribution in [0, 0.1) is 11.8 Å². The number of alkyl halides is 3. The highest BCUT2D eigenvalue weighted by atomic mass is 19.4. The van der Waals surface area contributed by atoms with Gasteiger partial charge in [-0.3, -0.25) is 0 Å². The molecule has 0 heterocycles. The zero-order valence-corrected chi connectivity index (χ0v) is 11.0. The lowest BCUT2D eigenvalue weighted by Crippen LogP contribution is -2.37. The predicted molar refractivity (Wildman–Crippen MR) is 67.2 cm³/mol. The molecular weight excluding hydrogens is 239 g/mol. The van der Waals surface area contributed by atoms with Gasteiger partial charge in [0, 0.05) is 0 Å². The number of benzene rings is 1. The molecule has 2 unspecified atom stereocenters. The maximum atomic E-state index is 13.0. The Labute approximate surface area is 106 Å². The van der Waals surface area contributed by atoms with E-state index in [-0.39, 0.29) is 11.5 Å². The van der Waals surface area contributed by atoms with E-state index in [4.69, 9.17) is 0 Å². The number of hydrogen-bond acceptors (Lipinski definition) is 1. The Kier molecular flexibility index (Phi) is 5.20. The second kappa shape index (κ2) is 6.23. The standard InChI is InChI=1S/C14H20F3N/c1-10(2)11(3)9-18-13(14(15,16)17)12-7-5-4-6-8-12/h4-8,10-11,13,18H,9H2,1-3H3. The molecule has 0 saturated carbocycles. The van der Waals surface area contributed by atoms with Crippen molar-refractivity contribution in [1.29, 1.82) is 0 Å². The van der Waals surface area contributed by atoms with E-state index in [2.05, 4.69) is 5.32 Å². The van der Waals surface area contributed by atoms with Gasteiger partial charge in [0.25, 0.3) is 0 Å². The highest BCUT2D eigenvalue weighted by Crippen LogP contribution is 2.32. The molecule has 1 aromatic carbocycles. The molecule has 1 aromatic rings. The van der Waals surface area contributed by atoms with Gasteiger partial charge in [0.05, 0.1) is 0 Å². The molecule has 0 amide bonds. The second-order valence-corrected chi connectivity index (χ2v) is 5.01. The minimum atomic E-state index is -4.27. The maximum absolute atomic E-state index is 13.0. The van der Waals surface area contributed by atoms with Crippen molar-refractivity contribution in [1.82, 2.24) is 5.32 Å². The molecule has 1 rings (SSSR count). The normalized spacial score (nSPS) is 15.7. The Morgan fingerprint density at radius 3 is 2.06 bits per heavy atom. The van der Waals surface area contributed by atoms with E-state index in [0.29, 0.717) is 12.5 Å². The van der Waals surface area contributed by atoms with Gasteiger partial charge >= 0.3 is 6.18 Å². The van der Waals surface area contributed by atoms with Gasteiger partial charge < -0.3 is 5.32 Å². The molecule has 0 radical (unpaired) electrons. The van der Waals surface area contributed by atoms with Crippen LogP contribution in [0.25, 0.3) is 0 Å². The fourth-order valence-electron chi connectivity index (χ4n) is 1.61. The van der Waals surface area contributed by atoms with Crippen molar-refractivity contribution in [3.63, 3.8) is 0 Å². The largest absolute Gasteiger partial charge is 0.407 e. The highest BCUT2D eigenvalue weighted by Gasteiger charge is 2.40. The van der Waals surface area contributed by atoms with E-state index < -0.39 is 12.2 Å². The molecule has 0 bridgehead atoms. The summed E-state index contributed by atoms with van der Waals surface area (Å²) in [6.07, 6.45) is -4.27. The van der Waals surface area contributed by atoms with Crippen molar-refractivity contribution in [3.8, 4) is 0 Å². The Balaban J connectivity index is 2.76. The van der Waals surface area contributed by atoms with E-state index in [1.807, 2.05) is 20.8 Å². The average molecular weight is 259 g/mol. The Morgan fingerprint density at radius 2 is 1.61 bits per heavy atom. The Morgan fingerprint density at radius 1 is 1.06 bits per heavy atom. The minimum Gasteiger partial charge on any atom is -0.302 e. The van der Waals surface area contributed by atoms with Crippen molar-refractivity contribution < 1.29 is 13.2 Å². The fraction of sp³-hybridized carbons (Fsp3) is 0.571. The fourth-order valence-corrected chi connectivity index (χ4v) is 1.61. The SMILES string of the molecule is CC(C)C(C)CNC(c1ccccc1)C(F)(F)F. The molecule has 0 spiro atoms. The summed E-state index contributed by atoms with van der Waals surface area (Å²) in [4.78, 5) is 0. The first-order valence-electron chi connectivity index (χ1n) is 6.17.